The van der Waals surface area contributed by atoms with Crippen LogP contribution in [0.4, 0.5) is 0 Å². The highest BCUT2D eigenvalue weighted by Crippen LogP contribution is 2.34. The van der Waals surface area contributed by atoms with Gasteiger partial charge in [-0.1, -0.05) is 44.2 Å². The van der Waals surface area contributed by atoms with E-state index in [1.54, 1.807) is 0 Å². The molecule has 2 bridgehead atoms. The van der Waals surface area contributed by atoms with Crippen LogP contribution in [0.3, 0.4) is 0 Å². The first-order chi connectivity index (χ1) is 8.42. The van der Waals surface area contributed by atoms with Crippen LogP contribution in [0.1, 0.15) is 32.3 Å². The van der Waals surface area contributed by atoms with Crippen molar-refractivity contribution >= 4 is 0 Å². The van der Waals surface area contributed by atoms with Crippen molar-refractivity contribution in [1.29, 1.82) is 0 Å². The van der Waals surface area contributed by atoms with Gasteiger partial charge in [-0.25, -0.2) is 0 Å². The monoisotopic (exact) mass is 231 g/mol. The molecule has 94 valence electrons. The summed E-state index contributed by atoms with van der Waals surface area (Å²) in [5.74, 6) is 1.94. The molecule has 1 heteroatoms. The van der Waals surface area contributed by atoms with Crippen LogP contribution in [0.15, 0.2) is 30.3 Å². The molecule has 3 fully saturated rings. The minimum absolute atomic E-state index is 0.926. The molecule has 1 aromatic carbocycles. The van der Waals surface area contributed by atoms with Gasteiger partial charge < -0.3 is 4.90 Å². The minimum Gasteiger partial charge on any atom is -0.303 e. The zero-order chi connectivity index (χ0) is 12.1. The molecule has 0 amide bonds. The van der Waals surface area contributed by atoms with Crippen molar-refractivity contribution < 1.29 is 0 Å². The average Bonchev–Trinajstić information content (AvgIpc) is 2.43. The van der Waals surface area contributed by atoms with Crippen molar-refractivity contribution in [2.75, 3.05) is 19.6 Å². The van der Waals surface area contributed by atoms with Gasteiger partial charge in [-0.05, 0) is 49.8 Å². The van der Waals surface area contributed by atoms with E-state index in [9.17, 15) is 0 Å². The molecule has 0 spiro atoms. The Morgan fingerprint density at radius 1 is 1.06 bits per heavy atom. The molecule has 1 aromatic rings. The Morgan fingerprint density at radius 3 is 2.24 bits per heavy atom. The molecular formula is C16H25N. The molecule has 3 saturated heterocycles. The number of fused-ring (bicyclic) bond motifs is 3. The summed E-state index contributed by atoms with van der Waals surface area (Å²) < 4.78 is 0. The maximum atomic E-state index is 2.65. The molecule has 0 saturated carbocycles. The van der Waals surface area contributed by atoms with Crippen molar-refractivity contribution in [3.05, 3.63) is 35.9 Å². The molecule has 1 nitrogen and oxygen atoms in total. The second-order valence-electron chi connectivity index (χ2n) is 5.09. The van der Waals surface area contributed by atoms with Crippen molar-refractivity contribution in [2.45, 2.75) is 33.1 Å². The first-order valence-corrected chi connectivity index (χ1v) is 7.18. The smallest absolute Gasteiger partial charge is 0.00155 e. The lowest BCUT2D eigenvalue weighted by Crippen LogP contribution is -2.48. The van der Waals surface area contributed by atoms with E-state index in [0.717, 1.165) is 11.8 Å². The fourth-order valence-electron chi connectivity index (χ4n) is 3.24. The van der Waals surface area contributed by atoms with Gasteiger partial charge in [-0.15, -0.1) is 0 Å². The van der Waals surface area contributed by atoms with E-state index in [0.29, 0.717) is 0 Å². The molecular weight excluding hydrogens is 206 g/mol. The number of rotatable bonds is 2. The molecule has 0 radical (unpaired) electrons. The van der Waals surface area contributed by atoms with E-state index >= 15 is 0 Å². The van der Waals surface area contributed by atoms with Gasteiger partial charge in [-0.3, -0.25) is 0 Å². The Bertz CT molecular complexity index is 312. The van der Waals surface area contributed by atoms with Crippen molar-refractivity contribution in [2.24, 2.45) is 11.8 Å². The number of hydrogen-bond acceptors (Lipinski definition) is 1. The number of benzene rings is 1. The summed E-state index contributed by atoms with van der Waals surface area (Å²) in [7, 11) is 0. The summed E-state index contributed by atoms with van der Waals surface area (Å²) >= 11 is 0. The molecule has 0 unspecified atom stereocenters. The standard InChI is InChI=1S/C14H19N.C2H6/c1-2-4-12(5-3-1)10-14-11-15-8-6-13(14)7-9-15;1-2/h1-5,13-14H,6-11H2;1-2H3/t14-;/m0./s1. The quantitative estimate of drug-likeness (QED) is 0.752. The average molecular weight is 231 g/mol. The van der Waals surface area contributed by atoms with Crippen molar-refractivity contribution in [1.82, 2.24) is 4.90 Å². The first-order valence-electron chi connectivity index (χ1n) is 7.18. The van der Waals surface area contributed by atoms with Crippen LogP contribution >= 0.6 is 0 Å². The number of nitrogens with zero attached hydrogens (tertiary/aromatic N) is 1. The molecule has 3 heterocycles. The molecule has 3 aliphatic heterocycles. The predicted molar refractivity (Wildman–Crippen MR) is 74.1 cm³/mol. The molecule has 17 heavy (non-hydrogen) atoms. The summed E-state index contributed by atoms with van der Waals surface area (Å²) in [5.41, 5.74) is 1.52. The Labute approximate surface area is 106 Å². The van der Waals surface area contributed by atoms with E-state index in [4.69, 9.17) is 0 Å². The van der Waals surface area contributed by atoms with Gasteiger partial charge >= 0.3 is 0 Å². The lowest BCUT2D eigenvalue weighted by molar-refractivity contribution is 0.0512. The van der Waals surface area contributed by atoms with Crippen LogP contribution in [0.5, 0.6) is 0 Å². The summed E-state index contributed by atoms with van der Waals surface area (Å²) in [6.07, 6.45) is 4.18. The predicted octanol–water partition coefficient (Wildman–Crippen LogP) is 3.60. The second kappa shape index (κ2) is 6.20. The van der Waals surface area contributed by atoms with E-state index in [1.807, 2.05) is 13.8 Å². The third-order valence-electron chi connectivity index (χ3n) is 4.13. The molecule has 0 aromatic heterocycles. The van der Waals surface area contributed by atoms with Crippen LogP contribution in [0, 0.1) is 11.8 Å². The normalized spacial score (nSPS) is 30.6. The topological polar surface area (TPSA) is 3.24 Å². The molecule has 1 atom stereocenters. The zero-order valence-corrected chi connectivity index (χ0v) is 11.2. The summed E-state index contributed by atoms with van der Waals surface area (Å²) in [6.45, 7) is 8.06. The maximum absolute atomic E-state index is 2.65. The highest BCUT2D eigenvalue weighted by Gasteiger charge is 2.33. The van der Waals surface area contributed by atoms with Crippen LogP contribution in [0.25, 0.3) is 0 Å². The fraction of sp³-hybridized carbons (Fsp3) is 0.625. The molecule has 4 rings (SSSR count). The van der Waals surface area contributed by atoms with Gasteiger partial charge in [0.05, 0.1) is 0 Å². The van der Waals surface area contributed by atoms with Crippen molar-refractivity contribution in [3.8, 4) is 0 Å². The summed E-state index contributed by atoms with van der Waals surface area (Å²) in [5, 5.41) is 0. The van der Waals surface area contributed by atoms with Gasteiger partial charge in [0.25, 0.3) is 0 Å². The van der Waals surface area contributed by atoms with Gasteiger partial charge in [0.15, 0.2) is 0 Å². The van der Waals surface area contributed by atoms with Crippen LogP contribution in [-0.2, 0) is 6.42 Å². The number of hydrogen-bond donors (Lipinski definition) is 0. The Hall–Kier alpha value is -0.820. The van der Waals surface area contributed by atoms with Crippen molar-refractivity contribution in [3.63, 3.8) is 0 Å². The number of piperidine rings is 3. The minimum atomic E-state index is 0.926. The summed E-state index contributed by atoms with van der Waals surface area (Å²) in [6, 6.07) is 11.0. The molecule has 0 N–H and O–H groups in total. The summed E-state index contributed by atoms with van der Waals surface area (Å²) in [4.78, 5) is 2.65. The third kappa shape index (κ3) is 3.10. The molecule has 0 aliphatic carbocycles. The zero-order valence-electron chi connectivity index (χ0n) is 11.2. The molecule has 3 aliphatic rings. The fourth-order valence-corrected chi connectivity index (χ4v) is 3.24. The van der Waals surface area contributed by atoms with E-state index in [1.165, 1.54) is 44.5 Å². The highest BCUT2D eigenvalue weighted by atomic mass is 15.1. The third-order valence-corrected chi connectivity index (χ3v) is 4.13. The lowest BCUT2D eigenvalue weighted by Gasteiger charge is -2.45. The van der Waals surface area contributed by atoms with E-state index in [2.05, 4.69) is 35.2 Å². The van der Waals surface area contributed by atoms with E-state index < -0.39 is 0 Å². The van der Waals surface area contributed by atoms with Gasteiger partial charge in [0, 0.05) is 6.54 Å². The van der Waals surface area contributed by atoms with E-state index in [-0.39, 0.29) is 0 Å². The largest absolute Gasteiger partial charge is 0.303 e. The van der Waals surface area contributed by atoms with Crippen LogP contribution < -0.4 is 0 Å². The van der Waals surface area contributed by atoms with Crippen LogP contribution in [-0.4, -0.2) is 24.5 Å². The maximum Gasteiger partial charge on any atom is 0.00155 e. The van der Waals surface area contributed by atoms with Crippen LogP contribution in [0.2, 0.25) is 0 Å². The SMILES string of the molecule is CC.c1ccc(C[C@H]2CN3CCC2CC3)cc1. The van der Waals surface area contributed by atoms with Gasteiger partial charge in [0.1, 0.15) is 0 Å². The Balaban J connectivity index is 0.000000514. The van der Waals surface area contributed by atoms with Gasteiger partial charge in [0.2, 0.25) is 0 Å². The second-order valence-corrected chi connectivity index (χ2v) is 5.09. The van der Waals surface area contributed by atoms with Gasteiger partial charge in [-0.2, -0.15) is 0 Å². The lowest BCUT2D eigenvalue weighted by atomic mass is 9.76. The Morgan fingerprint density at radius 2 is 1.71 bits per heavy atom. The first kappa shape index (κ1) is 12.6. The highest BCUT2D eigenvalue weighted by molar-refractivity contribution is 5.16. The Kier molecular flexibility index (Phi) is 4.61.